The second kappa shape index (κ2) is 14.0. The molecule has 1 unspecified atom stereocenters. The van der Waals surface area contributed by atoms with Gasteiger partial charge in [-0.1, -0.05) is 102 Å². The number of aromatic nitrogens is 2. The lowest BCUT2D eigenvalue weighted by Crippen LogP contribution is -2.29. The van der Waals surface area contributed by atoms with Crippen LogP contribution in [0.2, 0.25) is 0 Å². The van der Waals surface area contributed by atoms with Crippen molar-refractivity contribution in [2.45, 2.75) is 29.7 Å². The van der Waals surface area contributed by atoms with Crippen LogP contribution in [0.15, 0.2) is 113 Å². The summed E-state index contributed by atoms with van der Waals surface area (Å²) in [5.41, 5.74) is 2.71. The molecule has 1 N–H and O–H groups in total. The molecule has 0 aliphatic carbocycles. The maximum atomic E-state index is 13.7. The van der Waals surface area contributed by atoms with E-state index in [1.54, 1.807) is 60.7 Å². The standard InChI is InChI=1S/C35H28FN3O5S2/c1-2-43-28-19-25(15-18-27(28)44-20-22-9-5-3-6-10-22)30-29(31(40)24-11-7-4-8-12-24)32(41)33(42)39(30)34-37-38-35(46-34)45-21-23-13-16-26(36)17-14-23/h3-19,30,40H,2,20-21H2,1H3/b31-29+. The zero-order valence-electron chi connectivity index (χ0n) is 24.6. The zero-order valence-corrected chi connectivity index (χ0v) is 26.3. The highest BCUT2D eigenvalue weighted by atomic mass is 32.2. The first kappa shape index (κ1) is 31.0. The molecule has 46 heavy (non-hydrogen) atoms. The Labute approximate surface area is 273 Å². The summed E-state index contributed by atoms with van der Waals surface area (Å²) in [6.07, 6.45) is 0. The molecule has 1 aliphatic rings. The Balaban J connectivity index is 1.38. The number of carbonyl (C=O) groups excluding carboxylic acids is 2. The van der Waals surface area contributed by atoms with Crippen molar-refractivity contribution in [3.8, 4) is 11.5 Å². The zero-order chi connectivity index (χ0) is 32.0. The molecule has 2 heterocycles. The Morgan fingerprint density at radius 2 is 1.61 bits per heavy atom. The van der Waals surface area contributed by atoms with Crippen LogP contribution in [0.1, 0.15) is 35.2 Å². The number of thioether (sulfide) groups is 1. The largest absolute Gasteiger partial charge is 0.507 e. The topological polar surface area (TPSA) is 102 Å². The van der Waals surface area contributed by atoms with E-state index in [2.05, 4.69) is 10.2 Å². The Kier molecular flexibility index (Phi) is 9.41. The van der Waals surface area contributed by atoms with Crippen molar-refractivity contribution < 1.29 is 28.6 Å². The minimum Gasteiger partial charge on any atom is -0.507 e. The fraction of sp³-hybridized carbons (Fsp3) is 0.143. The lowest BCUT2D eigenvalue weighted by atomic mass is 9.95. The minimum atomic E-state index is -1.02. The van der Waals surface area contributed by atoms with Gasteiger partial charge in [-0.05, 0) is 47.9 Å². The monoisotopic (exact) mass is 653 g/mol. The maximum absolute atomic E-state index is 13.7. The number of benzene rings is 4. The van der Waals surface area contributed by atoms with Crippen molar-refractivity contribution in [2.24, 2.45) is 0 Å². The number of Topliss-reactive ketones (excluding diaryl/α,β-unsaturated/α-hetero) is 1. The Morgan fingerprint density at radius 1 is 0.891 bits per heavy atom. The van der Waals surface area contributed by atoms with E-state index < -0.39 is 17.7 Å². The highest BCUT2D eigenvalue weighted by Gasteiger charge is 2.48. The van der Waals surface area contributed by atoms with Gasteiger partial charge in [-0.2, -0.15) is 0 Å². The molecule has 0 spiro atoms. The van der Waals surface area contributed by atoms with Gasteiger partial charge in [0.25, 0.3) is 5.78 Å². The first-order valence-electron chi connectivity index (χ1n) is 14.4. The fourth-order valence-electron chi connectivity index (χ4n) is 5.00. The SMILES string of the molecule is CCOc1cc(C2/C(=C(\O)c3ccccc3)C(=O)C(=O)N2c2nnc(SCc3ccc(F)cc3)s2)ccc1OCc1ccccc1. The molecule has 6 rings (SSSR count). The summed E-state index contributed by atoms with van der Waals surface area (Å²) >= 11 is 2.53. The maximum Gasteiger partial charge on any atom is 0.301 e. The van der Waals surface area contributed by atoms with Gasteiger partial charge in [-0.3, -0.25) is 14.5 Å². The highest BCUT2D eigenvalue weighted by molar-refractivity contribution is 8.00. The molecule has 1 aromatic heterocycles. The van der Waals surface area contributed by atoms with Gasteiger partial charge in [0.15, 0.2) is 15.8 Å². The summed E-state index contributed by atoms with van der Waals surface area (Å²) in [6, 6.07) is 28.7. The predicted molar refractivity (Wildman–Crippen MR) is 175 cm³/mol. The smallest absolute Gasteiger partial charge is 0.301 e. The number of hydrogen-bond donors (Lipinski definition) is 1. The van der Waals surface area contributed by atoms with Crippen molar-refractivity contribution >= 4 is 45.7 Å². The van der Waals surface area contributed by atoms with Gasteiger partial charge in [0.2, 0.25) is 5.13 Å². The van der Waals surface area contributed by atoms with Crippen molar-refractivity contribution in [1.29, 1.82) is 0 Å². The number of rotatable bonds is 11. The predicted octanol–water partition coefficient (Wildman–Crippen LogP) is 7.57. The number of carbonyl (C=O) groups is 2. The summed E-state index contributed by atoms with van der Waals surface area (Å²) in [7, 11) is 0. The van der Waals surface area contributed by atoms with Crippen LogP contribution in [-0.2, 0) is 21.9 Å². The highest BCUT2D eigenvalue weighted by Crippen LogP contribution is 2.45. The van der Waals surface area contributed by atoms with Crippen LogP contribution in [0.25, 0.3) is 5.76 Å². The van der Waals surface area contributed by atoms with Crippen molar-refractivity contribution in [2.75, 3.05) is 11.5 Å². The molecule has 1 saturated heterocycles. The molecule has 1 fully saturated rings. The number of aliphatic hydroxyl groups excluding tert-OH is 1. The minimum absolute atomic E-state index is 0.0766. The van der Waals surface area contributed by atoms with Crippen LogP contribution in [-0.4, -0.2) is 33.6 Å². The number of halogens is 1. The first-order chi connectivity index (χ1) is 22.4. The lowest BCUT2D eigenvalue weighted by Gasteiger charge is -2.23. The van der Waals surface area contributed by atoms with E-state index in [0.717, 1.165) is 22.5 Å². The third kappa shape index (κ3) is 6.65. The van der Waals surface area contributed by atoms with Crippen molar-refractivity contribution in [3.63, 3.8) is 0 Å². The molecule has 232 valence electrons. The fourth-order valence-corrected chi connectivity index (χ4v) is 6.82. The number of hydrogen-bond acceptors (Lipinski definition) is 9. The summed E-state index contributed by atoms with van der Waals surface area (Å²) in [6.45, 7) is 2.51. The number of amides is 1. The van der Waals surface area contributed by atoms with Gasteiger partial charge < -0.3 is 14.6 Å². The van der Waals surface area contributed by atoms with E-state index in [1.165, 1.54) is 28.8 Å². The Morgan fingerprint density at radius 3 is 2.33 bits per heavy atom. The van der Waals surface area contributed by atoms with E-state index in [-0.39, 0.29) is 22.3 Å². The molecule has 4 aromatic carbocycles. The first-order valence-corrected chi connectivity index (χ1v) is 16.2. The van der Waals surface area contributed by atoms with Crippen LogP contribution >= 0.6 is 23.1 Å². The number of anilines is 1. The van der Waals surface area contributed by atoms with Crippen molar-refractivity contribution in [1.82, 2.24) is 10.2 Å². The van der Waals surface area contributed by atoms with Gasteiger partial charge in [0.1, 0.15) is 18.2 Å². The molecular formula is C35H28FN3O5S2. The van der Waals surface area contributed by atoms with Crippen LogP contribution in [0.3, 0.4) is 0 Å². The molecule has 0 saturated carbocycles. The van der Waals surface area contributed by atoms with Crippen LogP contribution < -0.4 is 14.4 Å². The average Bonchev–Trinajstić information content (AvgIpc) is 3.66. The Hall–Kier alpha value is -5.00. The van der Waals surface area contributed by atoms with Crippen LogP contribution in [0.4, 0.5) is 9.52 Å². The molecule has 1 aliphatic heterocycles. The van der Waals surface area contributed by atoms with Gasteiger partial charge >= 0.3 is 5.91 Å². The van der Waals surface area contributed by atoms with Crippen molar-refractivity contribution in [3.05, 3.63) is 137 Å². The molecule has 8 nitrogen and oxygen atoms in total. The normalized spacial score (nSPS) is 15.7. The van der Waals surface area contributed by atoms with E-state index in [0.29, 0.717) is 45.9 Å². The molecule has 1 amide bonds. The summed E-state index contributed by atoms with van der Waals surface area (Å²) < 4.78 is 25.9. The quantitative estimate of drug-likeness (QED) is 0.0512. The molecule has 0 radical (unpaired) electrons. The number of aliphatic hydroxyl groups is 1. The second-order valence-corrected chi connectivity index (χ2v) is 12.4. The van der Waals surface area contributed by atoms with E-state index in [4.69, 9.17) is 9.47 Å². The number of ketones is 1. The number of nitrogens with zero attached hydrogens (tertiary/aromatic N) is 3. The summed E-state index contributed by atoms with van der Waals surface area (Å²) in [4.78, 5) is 28.6. The Bertz CT molecular complexity index is 1880. The average molecular weight is 654 g/mol. The van der Waals surface area contributed by atoms with Gasteiger partial charge in [0, 0.05) is 11.3 Å². The van der Waals surface area contributed by atoms with Crippen LogP contribution in [0, 0.1) is 5.82 Å². The van der Waals surface area contributed by atoms with Crippen LogP contribution in [0.5, 0.6) is 11.5 Å². The number of ether oxygens (including phenoxy) is 2. The third-order valence-electron chi connectivity index (χ3n) is 7.19. The van der Waals surface area contributed by atoms with Gasteiger partial charge in [0.05, 0.1) is 18.2 Å². The summed E-state index contributed by atoms with van der Waals surface area (Å²) in [5, 5.41) is 20.2. The van der Waals surface area contributed by atoms with Gasteiger partial charge in [-0.15, -0.1) is 10.2 Å². The lowest BCUT2D eigenvalue weighted by molar-refractivity contribution is -0.132. The molecule has 5 aromatic rings. The molecular weight excluding hydrogens is 626 g/mol. The van der Waals surface area contributed by atoms with Gasteiger partial charge in [-0.25, -0.2) is 4.39 Å². The third-order valence-corrected chi connectivity index (χ3v) is 9.32. The van der Waals surface area contributed by atoms with E-state index >= 15 is 0 Å². The van der Waals surface area contributed by atoms with E-state index in [9.17, 15) is 19.1 Å². The molecule has 11 heteroatoms. The summed E-state index contributed by atoms with van der Waals surface area (Å²) in [5.74, 6) is -0.877. The molecule has 0 bridgehead atoms. The second-order valence-electron chi connectivity index (χ2n) is 10.2. The molecule has 1 atom stereocenters. The van der Waals surface area contributed by atoms with E-state index in [1.807, 2.05) is 37.3 Å².